The van der Waals surface area contributed by atoms with E-state index < -0.39 is 0 Å². The van der Waals surface area contributed by atoms with Crippen molar-refractivity contribution in [2.24, 2.45) is 11.5 Å². The number of nitrogens with one attached hydrogen (secondary N) is 1. The predicted octanol–water partition coefficient (Wildman–Crippen LogP) is -7.39. The van der Waals surface area contributed by atoms with Crippen LogP contribution in [0.25, 0.3) is 0 Å². The van der Waals surface area contributed by atoms with Gasteiger partial charge in [-0.1, -0.05) is 0 Å². The van der Waals surface area contributed by atoms with E-state index >= 15 is 0 Å². The summed E-state index contributed by atoms with van der Waals surface area (Å²) in [6.45, 7) is 9.01. The van der Waals surface area contributed by atoms with E-state index in [2.05, 4.69) is 25.9 Å². The lowest BCUT2D eigenvalue weighted by Gasteiger charge is -2.32. The van der Waals surface area contributed by atoms with Crippen molar-refractivity contribution in [1.82, 2.24) is 0 Å². The van der Waals surface area contributed by atoms with Crippen LogP contribution in [0.5, 0.6) is 0 Å². The molecule has 0 saturated heterocycles. The Morgan fingerprint density at radius 2 is 1.56 bits per heavy atom. The number of rotatable bonds is 7. The standard InChI is InChI=1S/C10H25N4.2HI/c1-4-14(3,5-2)9-7-6-8-13-10(11)12;;/h4-9H2,1-3H3,(H4,11,12,13);2*1H/q+1;;/p-1. The summed E-state index contributed by atoms with van der Waals surface area (Å²) in [5.41, 5.74) is 10.6. The highest BCUT2D eigenvalue weighted by molar-refractivity contribution is 5.69. The normalized spacial score (nSPS) is 9.94. The zero-order chi connectivity index (χ0) is 11.0. The molecule has 0 unspecified atom stereocenters. The lowest BCUT2D eigenvalue weighted by atomic mass is 10.2. The largest absolute Gasteiger partial charge is 1.00 e. The van der Waals surface area contributed by atoms with E-state index in [1.807, 2.05) is 0 Å². The fraction of sp³-hybridized carbons (Fsp3) is 0.900. The maximum absolute atomic E-state index is 5.29. The first-order valence-corrected chi connectivity index (χ1v) is 5.49. The van der Waals surface area contributed by atoms with Gasteiger partial charge in [-0.3, -0.25) is 16.5 Å². The Bertz CT molecular complexity index is 178. The summed E-state index contributed by atoms with van der Waals surface area (Å²) in [5, 5.41) is 0. The van der Waals surface area contributed by atoms with Crippen LogP contribution in [0.3, 0.4) is 0 Å². The van der Waals surface area contributed by atoms with E-state index in [-0.39, 0.29) is 48.0 Å². The minimum absolute atomic E-state index is 0. The molecule has 0 aliphatic heterocycles. The first kappa shape index (κ1) is 21.9. The Kier molecular flexibility index (Phi) is 16.7. The molecule has 0 aromatic carbocycles. The average Bonchev–Trinajstić information content (AvgIpc) is 2.16. The van der Waals surface area contributed by atoms with E-state index in [0.29, 0.717) is 5.96 Å². The third kappa shape index (κ3) is 11.2. The van der Waals surface area contributed by atoms with Crippen molar-refractivity contribution in [2.75, 3.05) is 33.2 Å². The summed E-state index contributed by atoms with van der Waals surface area (Å²) < 4.78 is 1.15. The van der Waals surface area contributed by atoms with Crippen LogP contribution < -0.4 is 64.4 Å². The lowest BCUT2D eigenvalue weighted by molar-refractivity contribution is -0.906. The van der Waals surface area contributed by atoms with Crippen LogP contribution in [0.15, 0.2) is 0 Å². The van der Waals surface area contributed by atoms with Gasteiger partial charge in [0.15, 0.2) is 0 Å². The van der Waals surface area contributed by atoms with Crippen LogP contribution in [0.2, 0.25) is 0 Å². The van der Waals surface area contributed by atoms with Gasteiger partial charge in [0.1, 0.15) is 0 Å². The second-order valence-corrected chi connectivity index (χ2v) is 4.06. The maximum atomic E-state index is 5.29. The van der Waals surface area contributed by atoms with Gasteiger partial charge in [-0.05, 0) is 26.7 Å². The molecule has 0 rings (SSSR count). The van der Waals surface area contributed by atoms with E-state index in [9.17, 15) is 0 Å². The average molecular weight is 456 g/mol. The van der Waals surface area contributed by atoms with Gasteiger partial charge >= 0.3 is 5.96 Å². The van der Waals surface area contributed by atoms with Crippen LogP contribution in [-0.4, -0.2) is 43.7 Å². The number of halogens is 2. The SMILES string of the molecule is CC[N+](C)(CC)CCCC[NH+]=C(N)N.[I-].[I-]. The molecule has 6 heteroatoms. The second kappa shape index (κ2) is 12.2. The van der Waals surface area contributed by atoms with Gasteiger partial charge in [-0.2, -0.15) is 0 Å². The van der Waals surface area contributed by atoms with Gasteiger partial charge in [0.2, 0.25) is 0 Å². The van der Waals surface area contributed by atoms with Crippen molar-refractivity contribution >= 4 is 5.96 Å². The third-order valence-corrected chi connectivity index (χ3v) is 2.98. The molecule has 100 valence electrons. The van der Waals surface area contributed by atoms with Gasteiger partial charge in [-0.25, -0.2) is 0 Å². The zero-order valence-electron chi connectivity index (χ0n) is 10.6. The number of nitrogens with zero attached hydrogens (tertiary/aromatic N) is 1. The van der Waals surface area contributed by atoms with Crippen LogP contribution in [0, 0.1) is 0 Å². The molecule has 0 bridgehead atoms. The van der Waals surface area contributed by atoms with E-state index in [4.69, 9.17) is 11.5 Å². The molecule has 0 aliphatic carbocycles. The molecule has 0 radical (unpaired) electrons. The van der Waals surface area contributed by atoms with Crippen LogP contribution in [0.1, 0.15) is 26.7 Å². The van der Waals surface area contributed by atoms with Crippen molar-refractivity contribution in [3.8, 4) is 0 Å². The highest BCUT2D eigenvalue weighted by Crippen LogP contribution is 2.03. The highest BCUT2D eigenvalue weighted by Gasteiger charge is 2.14. The van der Waals surface area contributed by atoms with E-state index in [1.54, 1.807) is 0 Å². The first-order chi connectivity index (χ1) is 6.54. The molecule has 16 heavy (non-hydrogen) atoms. The predicted molar refractivity (Wildman–Crippen MR) is 60.6 cm³/mol. The van der Waals surface area contributed by atoms with E-state index in [1.165, 1.54) is 26.1 Å². The van der Waals surface area contributed by atoms with Gasteiger partial charge < -0.3 is 52.4 Å². The molecular formula is C10H26I2N4. The quantitative estimate of drug-likeness (QED) is 0.117. The first-order valence-electron chi connectivity index (χ1n) is 5.49. The Morgan fingerprint density at radius 3 is 1.94 bits per heavy atom. The molecule has 0 atom stereocenters. The number of guanidine groups is 1. The van der Waals surface area contributed by atoms with Gasteiger partial charge in [0.05, 0.1) is 33.2 Å². The molecule has 5 N–H and O–H groups in total. The van der Waals surface area contributed by atoms with Crippen LogP contribution >= 0.6 is 0 Å². The third-order valence-electron chi connectivity index (χ3n) is 2.98. The molecule has 0 aromatic heterocycles. The minimum atomic E-state index is 0. The summed E-state index contributed by atoms with van der Waals surface area (Å²) in [7, 11) is 2.30. The number of unbranched alkanes of at least 4 members (excludes halogenated alkanes) is 1. The fourth-order valence-electron chi connectivity index (χ4n) is 1.39. The van der Waals surface area contributed by atoms with Crippen molar-refractivity contribution in [2.45, 2.75) is 26.7 Å². The Balaban J connectivity index is -0.000000845. The van der Waals surface area contributed by atoms with Gasteiger partial charge in [-0.15, -0.1) is 0 Å². The molecule has 0 heterocycles. The molecule has 0 spiro atoms. The summed E-state index contributed by atoms with van der Waals surface area (Å²) >= 11 is 0. The maximum Gasteiger partial charge on any atom is 0.338 e. The van der Waals surface area contributed by atoms with Gasteiger partial charge in [0.25, 0.3) is 0 Å². The molecular weight excluding hydrogens is 430 g/mol. The van der Waals surface area contributed by atoms with Crippen LogP contribution in [-0.2, 0) is 0 Å². The van der Waals surface area contributed by atoms with Gasteiger partial charge in [0, 0.05) is 0 Å². The topological polar surface area (TPSA) is 66.0 Å². The molecule has 0 aromatic rings. The van der Waals surface area contributed by atoms with E-state index in [0.717, 1.165) is 17.4 Å². The molecule has 4 nitrogen and oxygen atoms in total. The monoisotopic (exact) mass is 456 g/mol. The molecule has 0 aliphatic rings. The summed E-state index contributed by atoms with van der Waals surface area (Å²) in [6, 6.07) is 0. The number of nitrogens with two attached hydrogens (primary N) is 2. The second-order valence-electron chi connectivity index (χ2n) is 4.06. The molecule has 0 fully saturated rings. The van der Waals surface area contributed by atoms with Crippen molar-refractivity contribution in [3.63, 3.8) is 0 Å². The fourth-order valence-corrected chi connectivity index (χ4v) is 1.39. The summed E-state index contributed by atoms with van der Waals surface area (Å²) in [4.78, 5) is 2.93. The Hall–Kier alpha value is 0.690. The molecule has 0 saturated carbocycles. The van der Waals surface area contributed by atoms with Crippen molar-refractivity contribution in [1.29, 1.82) is 0 Å². The minimum Gasteiger partial charge on any atom is -1.00 e. The summed E-state index contributed by atoms with van der Waals surface area (Å²) in [5.74, 6) is 0.327. The Morgan fingerprint density at radius 1 is 1.06 bits per heavy atom. The van der Waals surface area contributed by atoms with Crippen LogP contribution in [0.4, 0.5) is 0 Å². The lowest BCUT2D eigenvalue weighted by Crippen LogP contribution is -3.00. The number of hydrogen-bond acceptors (Lipinski definition) is 0. The highest BCUT2D eigenvalue weighted by atomic mass is 127. The number of quaternary nitrogens is 1. The van der Waals surface area contributed by atoms with Crippen molar-refractivity contribution < 1.29 is 57.4 Å². The van der Waals surface area contributed by atoms with Crippen molar-refractivity contribution in [3.05, 3.63) is 0 Å². The Labute approximate surface area is 134 Å². The summed E-state index contributed by atoms with van der Waals surface area (Å²) in [6.07, 6.45) is 2.35. The number of hydrogen-bond donors (Lipinski definition) is 3. The molecule has 0 amide bonds. The smallest absolute Gasteiger partial charge is 0.338 e. The zero-order valence-corrected chi connectivity index (χ0v) is 14.9.